The lowest BCUT2D eigenvalue weighted by atomic mass is 9.85. The molecule has 2 aromatic heterocycles. The molecule has 4 N–H and O–H groups in total. The number of hydrogen-bond acceptors (Lipinski definition) is 7. The minimum atomic E-state index is -4.40. The molecule has 0 radical (unpaired) electrons. The summed E-state index contributed by atoms with van der Waals surface area (Å²) in [5.41, 5.74) is 5.55. The lowest BCUT2D eigenvalue weighted by molar-refractivity contribution is -0.137. The number of benzene rings is 1. The molecule has 1 aliphatic carbocycles. The second-order valence-electron chi connectivity index (χ2n) is 10.7. The highest BCUT2D eigenvalue weighted by Crippen LogP contribution is 2.32. The van der Waals surface area contributed by atoms with Crippen molar-refractivity contribution < 1.29 is 22.4 Å². The Labute approximate surface area is 225 Å². The first-order valence-corrected chi connectivity index (χ1v) is 13.3. The molecule has 39 heavy (non-hydrogen) atoms. The van der Waals surface area contributed by atoms with Crippen molar-refractivity contribution in [3.05, 3.63) is 59.9 Å². The van der Waals surface area contributed by atoms with E-state index in [1.807, 2.05) is 6.07 Å². The van der Waals surface area contributed by atoms with E-state index in [9.17, 15) is 18.0 Å². The molecular formula is C28H33F3N6O2. The molecule has 0 bridgehead atoms. The van der Waals surface area contributed by atoms with Crippen molar-refractivity contribution in [2.45, 2.75) is 69.2 Å². The second kappa shape index (κ2) is 10.9. The van der Waals surface area contributed by atoms with Crippen molar-refractivity contribution in [1.82, 2.24) is 15.3 Å². The van der Waals surface area contributed by atoms with Crippen LogP contribution in [-0.2, 0) is 6.18 Å². The largest absolute Gasteiger partial charge is 0.424 e. The Bertz CT molecular complexity index is 1290. The molecule has 1 saturated carbocycles. The van der Waals surface area contributed by atoms with E-state index in [0.717, 1.165) is 62.9 Å². The predicted molar refractivity (Wildman–Crippen MR) is 142 cm³/mol. The lowest BCUT2D eigenvalue weighted by Crippen LogP contribution is -2.61. The smallest absolute Gasteiger partial charge is 0.417 e. The number of nitrogens with two attached hydrogens (primary N) is 1. The van der Waals surface area contributed by atoms with Gasteiger partial charge in [-0.05, 0) is 56.9 Å². The van der Waals surface area contributed by atoms with Crippen LogP contribution >= 0.6 is 0 Å². The number of amides is 1. The molecule has 208 valence electrons. The Morgan fingerprint density at radius 3 is 2.62 bits per heavy atom. The van der Waals surface area contributed by atoms with Gasteiger partial charge in [0.05, 0.1) is 11.8 Å². The molecular weight excluding hydrogens is 509 g/mol. The van der Waals surface area contributed by atoms with Gasteiger partial charge in [0, 0.05) is 48.0 Å². The van der Waals surface area contributed by atoms with Gasteiger partial charge in [-0.1, -0.05) is 25.0 Å². The summed E-state index contributed by atoms with van der Waals surface area (Å²) in [6.45, 7) is 3.57. The molecule has 3 atom stereocenters. The van der Waals surface area contributed by atoms with Crippen molar-refractivity contribution in [2.24, 2.45) is 5.73 Å². The van der Waals surface area contributed by atoms with Gasteiger partial charge in [-0.3, -0.25) is 4.79 Å². The van der Waals surface area contributed by atoms with Gasteiger partial charge in [0.15, 0.2) is 5.76 Å². The van der Waals surface area contributed by atoms with Crippen LogP contribution in [0, 0.1) is 0 Å². The number of aromatic nitrogens is 2. The Morgan fingerprint density at radius 1 is 1.10 bits per heavy atom. The zero-order valence-electron chi connectivity index (χ0n) is 21.8. The van der Waals surface area contributed by atoms with Crippen molar-refractivity contribution in [3.63, 3.8) is 0 Å². The number of rotatable bonds is 7. The average molecular weight is 543 g/mol. The van der Waals surface area contributed by atoms with E-state index >= 15 is 0 Å². The van der Waals surface area contributed by atoms with E-state index < -0.39 is 17.6 Å². The van der Waals surface area contributed by atoms with Crippen LogP contribution in [0.4, 0.5) is 25.0 Å². The summed E-state index contributed by atoms with van der Waals surface area (Å²) in [6, 6.07) is 10.1. The maximum atomic E-state index is 13.0. The summed E-state index contributed by atoms with van der Waals surface area (Å²) >= 11 is 0. The van der Waals surface area contributed by atoms with Crippen LogP contribution in [0.3, 0.4) is 0 Å². The van der Waals surface area contributed by atoms with E-state index in [0.29, 0.717) is 29.7 Å². The molecule has 1 amide bonds. The third kappa shape index (κ3) is 6.35. The number of nitrogens with one attached hydrogen (secondary N) is 2. The van der Waals surface area contributed by atoms with E-state index in [1.54, 1.807) is 24.4 Å². The summed E-state index contributed by atoms with van der Waals surface area (Å²) in [7, 11) is 0. The molecule has 11 heteroatoms. The minimum absolute atomic E-state index is 0.0959. The van der Waals surface area contributed by atoms with E-state index in [4.69, 9.17) is 10.2 Å². The fraction of sp³-hybridized carbons (Fsp3) is 0.464. The number of alkyl halides is 3. The summed E-state index contributed by atoms with van der Waals surface area (Å²) in [4.78, 5) is 22.1. The van der Waals surface area contributed by atoms with Crippen LogP contribution in [-0.4, -0.2) is 46.6 Å². The van der Waals surface area contributed by atoms with Gasteiger partial charge in [-0.2, -0.15) is 13.2 Å². The normalized spacial score (nSPS) is 23.9. The van der Waals surface area contributed by atoms with Crippen LogP contribution in [0.25, 0.3) is 11.3 Å². The summed E-state index contributed by atoms with van der Waals surface area (Å²) < 4.78 is 44.9. The highest BCUT2D eigenvalue weighted by Gasteiger charge is 2.37. The number of hydrogen-bond donors (Lipinski definition) is 3. The molecule has 3 heterocycles. The third-order valence-corrected chi connectivity index (χ3v) is 7.64. The number of pyridine rings is 1. The predicted octanol–water partition coefficient (Wildman–Crippen LogP) is 5.23. The van der Waals surface area contributed by atoms with Crippen LogP contribution in [0.1, 0.15) is 61.4 Å². The number of piperidine rings is 1. The van der Waals surface area contributed by atoms with Gasteiger partial charge in [-0.25, -0.2) is 9.97 Å². The maximum Gasteiger partial charge on any atom is 0.417 e. The SMILES string of the molecule is C[C@]1(N[C@@H]2CCCC[C@H]2Nc2ncc(-c3cccc(C(N)=O)c3)o2)CCCN(c2ccc(C(F)(F)F)cn2)C1. The lowest BCUT2D eigenvalue weighted by Gasteiger charge is -2.46. The van der Waals surface area contributed by atoms with Gasteiger partial charge in [0.2, 0.25) is 5.91 Å². The van der Waals surface area contributed by atoms with Crippen LogP contribution in [0.2, 0.25) is 0 Å². The zero-order chi connectivity index (χ0) is 27.6. The second-order valence-corrected chi connectivity index (χ2v) is 10.7. The molecule has 3 aromatic rings. The summed E-state index contributed by atoms with van der Waals surface area (Å²) in [5, 5.41) is 7.33. The van der Waals surface area contributed by atoms with E-state index in [2.05, 4.69) is 32.4 Å². The van der Waals surface area contributed by atoms with Crippen LogP contribution in [0.5, 0.6) is 0 Å². The highest BCUT2D eigenvalue weighted by atomic mass is 19.4. The molecule has 0 spiro atoms. The number of anilines is 2. The monoisotopic (exact) mass is 542 g/mol. The molecule has 5 rings (SSSR count). The standard InChI is InChI=1S/C28H33F3N6O2/c1-27(12-5-13-37(17-27)24-11-10-20(15-33-24)28(29,30)31)36-22-9-3-2-8-21(22)35-26-34-16-23(39-26)18-6-4-7-19(14-18)25(32)38/h4,6-7,10-11,14-16,21-22,36H,2-3,5,8-9,12-13,17H2,1H3,(H2,32,38)(H,34,35)/t21-,22-,27+/m1/s1. The van der Waals surface area contributed by atoms with Gasteiger partial charge < -0.3 is 25.7 Å². The number of halogens is 3. The number of nitrogens with zero attached hydrogens (tertiary/aromatic N) is 3. The Kier molecular flexibility index (Phi) is 7.53. The molecule has 0 unspecified atom stereocenters. The Hall–Kier alpha value is -3.60. The number of oxazole rings is 1. The summed E-state index contributed by atoms with van der Waals surface area (Å²) in [6.07, 6.45) is 4.12. The molecule has 2 aliphatic rings. The van der Waals surface area contributed by atoms with Crippen molar-refractivity contribution in [3.8, 4) is 11.3 Å². The van der Waals surface area contributed by atoms with Gasteiger partial charge in [0.1, 0.15) is 5.82 Å². The average Bonchev–Trinajstić information content (AvgIpc) is 3.38. The fourth-order valence-corrected chi connectivity index (χ4v) is 5.68. The first-order chi connectivity index (χ1) is 18.6. The molecule has 2 fully saturated rings. The van der Waals surface area contributed by atoms with Gasteiger partial charge >= 0.3 is 6.18 Å². The van der Waals surface area contributed by atoms with Crippen molar-refractivity contribution in [1.29, 1.82) is 0 Å². The Balaban J connectivity index is 1.25. The highest BCUT2D eigenvalue weighted by molar-refractivity contribution is 5.93. The van der Waals surface area contributed by atoms with Crippen molar-refractivity contribution in [2.75, 3.05) is 23.3 Å². The first-order valence-electron chi connectivity index (χ1n) is 13.3. The molecule has 1 saturated heterocycles. The third-order valence-electron chi connectivity index (χ3n) is 7.64. The maximum absolute atomic E-state index is 13.0. The summed E-state index contributed by atoms with van der Waals surface area (Å²) in [5.74, 6) is 0.594. The van der Waals surface area contributed by atoms with E-state index in [-0.39, 0.29) is 17.6 Å². The van der Waals surface area contributed by atoms with Crippen LogP contribution < -0.4 is 21.3 Å². The van der Waals surface area contributed by atoms with Gasteiger partial charge in [-0.15, -0.1) is 0 Å². The van der Waals surface area contributed by atoms with Crippen LogP contribution in [0.15, 0.2) is 53.2 Å². The minimum Gasteiger partial charge on any atom is -0.424 e. The zero-order valence-corrected chi connectivity index (χ0v) is 21.8. The molecule has 1 aliphatic heterocycles. The Morgan fingerprint density at radius 2 is 1.90 bits per heavy atom. The van der Waals surface area contributed by atoms with Gasteiger partial charge in [0.25, 0.3) is 6.01 Å². The fourth-order valence-electron chi connectivity index (χ4n) is 5.68. The number of carbonyl (C=O) groups is 1. The molecule has 8 nitrogen and oxygen atoms in total. The van der Waals surface area contributed by atoms with E-state index in [1.165, 1.54) is 6.07 Å². The molecule has 1 aromatic carbocycles. The number of primary amides is 1. The van der Waals surface area contributed by atoms with Crippen molar-refractivity contribution >= 4 is 17.7 Å². The quantitative estimate of drug-likeness (QED) is 0.375. The number of carbonyl (C=O) groups excluding carboxylic acids is 1. The topological polar surface area (TPSA) is 109 Å². The first kappa shape index (κ1) is 27.0.